The van der Waals surface area contributed by atoms with Crippen molar-refractivity contribution in [3.8, 4) is 5.75 Å². The Morgan fingerprint density at radius 3 is 2.60 bits per heavy atom. The highest BCUT2D eigenvalue weighted by Gasteiger charge is 2.32. The van der Waals surface area contributed by atoms with Crippen LogP contribution in [0, 0.1) is 0 Å². The molecule has 1 N–H and O–H groups in total. The zero-order valence-corrected chi connectivity index (χ0v) is 22.7. The van der Waals surface area contributed by atoms with Crippen molar-refractivity contribution in [2.24, 2.45) is 0 Å². The van der Waals surface area contributed by atoms with Gasteiger partial charge in [-0.3, -0.25) is 9.59 Å². The Bertz CT molecular complexity index is 1400. The molecule has 3 aromatic carbocycles. The van der Waals surface area contributed by atoms with E-state index in [0.29, 0.717) is 49.6 Å². The summed E-state index contributed by atoms with van der Waals surface area (Å²) in [5, 5.41) is 11.5. The maximum absolute atomic E-state index is 14.0. The Morgan fingerprint density at radius 2 is 1.85 bits per heavy atom. The molecule has 208 valence electrons. The SMILES string of the molecule is CCOc1ccc(C(C(=O)NCC2CCCO2)N(CCc2ccccc2)C(=O)Cn2nnc3ccccc32)cc1. The Labute approximate surface area is 234 Å². The summed E-state index contributed by atoms with van der Waals surface area (Å²) in [4.78, 5) is 29.5. The number of fused-ring (bicyclic) bond motifs is 1. The van der Waals surface area contributed by atoms with E-state index in [-0.39, 0.29) is 24.5 Å². The number of benzene rings is 3. The average Bonchev–Trinajstić information content (AvgIpc) is 3.66. The van der Waals surface area contributed by atoms with Gasteiger partial charge in [-0.25, -0.2) is 4.68 Å². The number of nitrogens with one attached hydrogen (secondary N) is 1. The quantitative estimate of drug-likeness (QED) is 0.292. The highest BCUT2D eigenvalue weighted by atomic mass is 16.5. The van der Waals surface area contributed by atoms with Crippen molar-refractivity contribution in [2.45, 2.75) is 44.9 Å². The van der Waals surface area contributed by atoms with E-state index in [9.17, 15) is 9.59 Å². The minimum Gasteiger partial charge on any atom is -0.494 e. The number of para-hydroxylation sites is 1. The molecule has 1 aliphatic rings. The van der Waals surface area contributed by atoms with Crippen molar-refractivity contribution < 1.29 is 19.1 Å². The lowest BCUT2D eigenvalue weighted by Gasteiger charge is -2.32. The fourth-order valence-electron chi connectivity index (χ4n) is 5.05. The molecule has 1 aromatic heterocycles. The lowest BCUT2D eigenvalue weighted by atomic mass is 10.0. The number of rotatable bonds is 12. The number of nitrogens with zero attached hydrogens (tertiary/aromatic N) is 4. The molecule has 0 bridgehead atoms. The van der Waals surface area contributed by atoms with Gasteiger partial charge in [-0.1, -0.05) is 59.8 Å². The van der Waals surface area contributed by atoms with E-state index in [1.54, 1.807) is 9.58 Å². The van der Waals surface area contributed by atoms with Gasteiger partial charge in [-0.05, 0) is 61.6 Å². The summed E-state index contributed by atoms with van der Waals surface area (Å²) in [5.74, 6) is 0.239. The minimum absolute atomic E-state index is 0.0140. The molecule has 1 aliphatic heterocycles. The van der Waals surface area contributed by atoms with E-state index in [1.807, 2.05) is 85.8 Å². The number of carbonyl (C=O) groups excluding carboxylic acids is 2. The van der Waals surface area contributed by atoms with Gasteiger partial charge < -0.3 is 19.7 Å². The van der Waals surface area contributed by atoms with Crippen LogP contribution in [-0.4, -0.2) is 64.1 Å². The van der Waals surface area contributed by atoms with E-state index < -0.39 is 6.04 Å². The molecular formula is C31H35N5O4. The van der Waals surface area contributed by atoms with Gasteiger partial charge in [0, 0.05) is 19.7 Å². The summed E-state index contributed by atoms with van der Waals surface area (Å²) < 4.78 is 12.9. The summed E-state index contributed by atoms with van der Waals surface area (Å²) in [6.07, 6.45) is 2.47. The Kier molecular flexibility index (Phi) is 9.03. The van der Waals surface area contributed by atoms with E-state index >= 15 is 0 Å². The molecule has 4 aromatic rings. The summed E-state index contributed by atoms with van der Waals surface area (Å²) in [6.45, 7) is 3.88. The second-order valence-corrected chi connectivity index (χ2v) is 9.84. The molecule has 1 fully saturated rings. The number of carbonyl (C=O) groups is 2. The summed E-state index contributed by atoms with van der Waals surface area (Å²) in [5.41, 5.74) is 3.26. The van der Waals surface area contributed by atoms with Crippen LogP contribution in [0.15, 0.2) is 78.9 Å². The number of ether oxygens (including phenoxy) is 2. The van der Waals surface area contributed by atoms with E-state index in [2.05, 4.69) is 15.6 Å². The Hall–Kier alpha value is -4.24. The maximum atomic E-state index is 14.0. The van der Waals surface area contributed by atoms with Crippen molar-refractivity contribution in [3.63, 3.8) is 0 Å². The molecule has 0 saturated carbocycles. The van der Waals surface area contributed by atoms with Crippen LogP contribution in [-0.2, 0) is 27.3 Å². The molecule has 5 rings (SSSR count). The van der Waals surface area contributed by atoms with Crippen molar-refractivity contribution in [1.29, 1.82) is 0 Å². The van der Waals surface area contributed by atoms with Gasteiger partial charge >= 0.3 is 0 Å². The third kappa shape index (κ3) is 6.66. The van der Waals surface area contributed by atoms with Crippen LogP contribution in [0.1, 0.15) is 36.9 Å². The lowest BCUT2D eigenvalue weighted by Crippen LogP contribution is -2.47. The van der Waals surface area contributed by atoms with Crippen molar-refractivity contribution in [3.05, 3.63) is 90.0 Å². The first-order chi connectivity index (χ1) is 19.6. The fourth-order valence-corrected chi connectivity index (χ4v) is 5.05. The predicted octanol–water partition coefficient (Wildman–Crippen LogP) is 3.94. The highest BCUT2D eigenvalue weighted by Crippen LogP contribution is 2.26. The molecular weight excluding hydrogens is 506 g/mol. The van der Waals surface area contributed by atoms with Crippen molar-refractivity contribution in [2.75, 3.05) is 26.3 Å². The minimum atomic E-state index is -0.844. The van der Waals surface area contributed by atoms with E-state index in [1.165, 1.54) is 0 Å². The van der Waals surface area contributed by atoms with Crippen LogP contribution in [0.5, 0.6) is 5.75 Å². The van der Waals surface area contributed by atoms with Crippen molar-refractivity contribution >= 4 is 22.8 Å². The predicted molar refractivity (Wildman–Crippen MR) is 152 cm³/mol. The number of amides is 2. The number of hydrogen-bond acceptors (Lipinski definition) is 6. The molecule has 0 spiro atoms. The smallest absolute Gasteiger partial charge is 0.247 e. The lowest BCUT2D eigenvalue weighted by molar-refractivity contribution is -0.141. The number of hydrogen-bond donors (Lipinski definition) is 1. The van der Waals surface area contributed by atoms with E-state index in [4.69, 9.17) is 9.47 Å². The molecule has 2 amide bonds. The van der Waals surface area contributed by atoms with Gasteiger partial charge in [-0.15, -0.1) is 5.10 Å². The molecule has 9 nitrogen and oxygen atoms in total. The molecule has 0 aliphatic carbocycles. The normalized spacial score (nSPS) is 15.6. The monoisotopic (exact) mass is 541 g/mol. The highest BCUT2D eigenvalue weighted by molar-refractivity contribution is 5.89. The third-order valence-corrected chi connectivity index (χ3v) is 7.10. The molecule has 1 saturated heterocycles. The van der Waals surface area contributed by atoms with Gasteiger partial charge in [-0.2, -0.15) is 0 Å². The molecule has 2 unspecified atom stereocenters. The van der Waals surface area contributed by atoms with Crippen LogP contribution in [0.25, 0.3) is 11.0 Å². The van der Waals surface area contributed by atoms with E-state index in [0.717, 1.165) is 23.9 Å². The van der Waals surface area contributed by atoms with Gasteiger partial charge in [0.25, 0.3) is 0 Å². The first kappa shape index (κ1) is 27.3. The largest absolute Gasteiger partial charge is 0.494 e. The number of aromatic nitrogens is 3. The summed E-state index contributed by atoms with van der Waals surface area (Å²) >= 11 is 0. The summed E-state index contributed by atoms with van der Waals surface area (Å²) in [7, 11) is 0. The molecule has 40 heavy (non-hydrogen) atoms. The molecule has 0 radical (unpaired) electrons. The summed E-state index contributed by atoms with van der Waals surface area (Å²) in [6, 6.07) is 24.0. The van der Waals surface area contributed by atoms with Gasteiger partial charge in [0.05, 0.1) is 18.2 Å². The van der Waals surface area contributed by atoms with Crippen LogP contribution >= 0.6 is 0 Å². The first-order valence-electron chi connectivity index (χ1n) is 13.9. The topological polar surface area (TPSA) is 98.6 Å². The Morgan fingerprint density at radius 1 is 1.07 bits per heavy atom. The Balaban J connectivity index is 1.46. The fraction of sp³-hybridized carbons (Fsp3) is 0.355. The molecule has 2 heterocycles. The average molecular weight is 542 g/mol. The zero-order chi connectivity index (χ0) is 27.7. The van der Waals surface area contributed by atoms with Gasteiger partial charge in [0.1, 0.15) is 23.9 Å². The van der Waals surface area contributed by atoms with Gasteiger partial charge in [0.2, 0.25) is 11.8 Å². The second kappa shape index (κ2) is 13.2. The maximum Gasteiger partial charge on any atom is 0.247 e. The second-order valence-electron chi connectivity index (χ2n) is 9.84. The molecule has 2 atom stereocenters. The molecule has 9 heteroatoms. The first-order valence-corrected chi connectivity index (χ1v) is 13.9. The van der Waals surface area contributed by atoms with Gasteiger partial charge in [0.15, 0.2) is 0 Å². The zero-order valence-electron chi connectivity index (χ0n) is 22.7. The van der Waals surface area contributed by atoms with Crippen LogP contribution in [0.2, 0.25) is 0 Å². The standard InChI is InChI=1S/C31H35N5O4/c1-2-39-25-16-14-24(15-17-25)30(31(38)32-21-26-11-8-20-40-26)35(19-18-23-9-4-3-5-10-23)29(37)22-36-28-13-7-6-12-27(28)33-34-36/h3-7,9-10,12-17,26,30H,2,8,11,18-22H2,1H3,(H,32,38). The van der Waals surface area contributed by atoms with Crippen LogP contribution in [0.4, 0.5) is 0 Å². The van der Waals surface area contributed by atoms with Crippen LogP contribution in [0.3, 0.4) is 0 Å². The third-order valence-electron chi connectivity index (χ3n) is 7.10. The van der Waals surface area contributed by atoms with Crippen LogP contribution < -0.4 is 10.1 Å². The van der Waals surface area contributed by atoms with Crippen molar-refractivity contribution in [1.82, 2.24) is 25.2 Å².